The molecule has 1 heterocycles. The second-order valence-electron chi connectivity index (χ2n) is 8.06. The number of nitrogens with zero attached hydrogens (tertiary/aromatic N) is 1. The van der Waals surface area contributed by atoms with Gasteiger partial charge in [-0.05, 0) is 43.2 Å². The number of rotatable bonds is 8. The Morgan fingerprint density at radius 1 is 0.917 bits per heavy atom. The molecule has 0 saturated carbocycles. The van der Waals surface area contributed by atoms with Crippen LogP contribution < -0.4 is 23.8 Å². The van der Waals surface area contributed by atoms with E-state index >= 15 is 0 Å². The molecular formula is C27H28N2O6S. The van der Waals surface area contributed by atoms with E-state index in [9.17, 15) is 13.2 Å². The van der Waals surface area contributed by atoms with Gasteiger partial charge in [0.2, 0.25) is 0 Å². The fourth-order valence-corrected chi connectivity index (χ4v) is 5.90. The summed E-state index contributed by atoms with van der Waals surface area (Å²) >= 11 is 0. The fraction of sp³-hybridized carbons (Fsp3) is 0.222. The number of benzene rings is 3. The zero-order chi connectivity index (χ0) is 25.9. The predicted octanol–water partition coefficient (Wildman–Crippen LogP) is 4.82. The van der Waals surface area contributed by atoms with Gasteiger partial charge in [0.1, 0.15) is 5.75 Å². The molecule has 0 spiro atoms. The van der Waals surface area contributed by atoms with Crippen LogP contribution in [-0.2, 0) is 21.4 Å². The molecule has 0 bridgehead atoms. The number of carbonyl (C=O) groups is 1. The second-order valence-corrected chi connectivity index (χ2v) is 9.86. The van der Waals surface area contributed by atoms with Crippen LogP contribution in [0.15, 0.2) is 71.6 Å². The summed E-state index contributed by atoms with van der Waals surface area (Å²) in [5, 5.41) is 2.73. The molecule has 0 saturated heterocycles. The first-order valence-electron chi connectivity index (χ1n) is 11.4. The maximum absolute atomic E-state index is 14.0. The van der Waals surface area contributed by atoms with Crippen LogP contribution in [0.5, 0.6) is 17.2 Å². The third-order valence-electron chi connectivity index (χ3n) is 5.87. The minimum atomic E-state index is -4.25. The lowest BCUT2D eigenvalue weighted by Gasteiger charge is -2.33. The van der Waals surface area contributed by atoms with Gasteiger partial charge in [-0.2, -0.15) is 0 Å². The SMILES string of the molecule is CCOc1ccccc1NC(=O)C1=C(C)c2cc(OC)c(OC)cc2N(Cc2ccccc2)S1(=O)=O. The van der Waals surface area contributed by atoms with Crippen LogP contribution in [0.25, 0.3) is 5.57 Å². The average Bonchev–Trinajstić information content (AvgIpc) is 2.87. The number of para-hydroxylation sites is 2. The molecule has 4 rings (SSSR count). The van der Waals surface area contributed by atoms with Crippen molar-refractivity contribution in [3.05, 3.63) is 82.8 Å². The molecule has 0 unspecified atom stereocenters. The molecule has 188 valence electrons. The van der Waals surface area contributed by atoms with E-state index < -0.39 is 15.9 Å². The van der Waals surface area contributed by atoms with Crippen molar-refractivity contribution in [1.29, 1.82) is 0 Å². The Bertz CT molecular complexity index is 1420. The topological polar surface area (TPSA) is 94.2 Å². The third-order valence-corrected chi connectivity index (χ3v) is 7.79. The average molecular weight is 509 g/mol. The maximum Gasteiger partial charge on any atom is 0.270 e. The van der Waals surface area contributed by atoms with Gasteiger partial charge in [0, 0.05) is 11.6 Å². The Morgan fingerprint density at radius 2 is 1.56 bits per heavy atom. The van der Waals surface area contributed by atoms with Gasteiger partial charge in [-0.1, -0.05) is 42.5 Å². The number of allylic oxidation sites excluding steroid dienone is 1. The molecule has 9 heteroatoms. The van der Waals surface area contributed by atoms with Crippen molar-refractivity contribution in [2.75, 3.05) is 30.4 Å². The summed E-state index contributed by atoms with van der Waals surface area (Å²) in [5.41, 5.74) is 2.42. The van der Waals surface area contributed by atoms with Crippen LogP contribution in [0.2, 0.25) is 0 Å². The molecule has 1 N–H and O–H groups in total. The largest absolute Gasteiger partial charge is 0.493 e. The fourth-order valence-electron chi connectivity index (χ4n) is 4.17. The van der Waals surface area contributed by atoms with E-state index in [1.165, 1.54) is 18.5 Å². The first kappa shape index (κ1) is 25.1. The van der Waals surface area contributed by atoms with Crippen LogP contribution in [-0.4, -0.2) is 35.2 Å². The summed E-state index contributed by atoms with van der Waals surface area (Å²) < 4.78 is 45.7. The lowest BCUT2D eigenvalue weighted by Crippen LogP contribution is -2.39. The minimum Gasteiger partial charge on any atom is -0.493 e. The molecule has 1 aliphatic heterocycles. The molecule has 3 aromatic carbocycles. The molecule has 1 amide bonds. The highest BCUT2D eigenvalue weighted by Crippen LogP contribution is 2.45. The highest BCUT2D eigenvalue weighted by atomic mass is 32.2. The Morgan fingerprint density at radius 3 is 2.22 bits per heavy atom. The molecule has 0 atom stereocenters. The van der Waals surface area contributed by atoms with Gasteiger partial charge < -0.3 is 19.5 Å². The molecule has 3 aromatic rings. The lowest BCUT2D eigenvalue weighted by molar-refractivity contribution is -0.112. The summed E-state index contributed by atoms with van der Waals surface area (Å²) in [5.74, 6) is 0.512. The Hall–Kier alpha value is -3.98. The smallest absolute Gasteiger partial charge is 0.270 e. The number of nitrogens with one attached hydrogen (secondary N) is 1. The van der Waals surface area contributed by atoms with Gasteiger partial charge in [-0.3, -0.25) is 9.10 Å². The van der Waals surface area contributed by atoms with Gasteiger partial charge >= 0.3 is 0 Å². The third kappa shape index (κ3) is 4.61. The Labute approximate surface area is 211 Å². The van der Waals surface area contributed by atoms with Crippen molar-refractivity contribution in [3.8, 4) is 17.2 Å². The number of anilines is 2. The van der Waals surface area contributed by atoms with Crippen molar-refractivity contribution in [1.82, 2.24) is 0 Å². The predicted molar refractivity (Wildman–Crippen MR) is 140 cm³/mol. The number of carbonyl (C=O) groups excluding carboxylic acids is 1. The summed E-state index contributed by atoms with van der Waals surface area (Å²) in [6.07, 6.45) is 0. The summed E-state index contributed by atoms with van der Waals surface area (Å²) in [6.45, 7) is 3.88. The van der Waals surface area contributed by atoms with E-state index in [1.54, 1.807) is 43.3 Å². The van der Waals surface area contributed by atoms with Crippen molar-refractivity contribution in [3.63, 3.8) is 0 Å². The minimum absolute atomic E-state index is 0.0330. The zero-order valence-electron chi connectivity index (χ0n) is 20.6. The quantitative estimate of drug-likeness (QED) is 0.469. The zero-order valence-corrected chi connectivity index (χ0v) is 21.4. The van der Waals surface area contributed by atoms with E-state index in [0.717, 1.165) is 5.56 Å². The van der Waals surface area contributed by atoms with Gasteiger partial charge in [0.25, 0.3) is 15.9 Å². The highest BCUT2D eigenvalue weighted by Gasteiger charge is 2.40. The van der Waals surface area contributed by atoms with Crippen LogP contribution in [0.1, 0.15) is 25.0 Å². The van der Waals surface area contributed by atoms with Gasteiger partial charge in [0.05, 0.1) is 38.7 Å². The molecule has 36 heavy (non-hydrogen) atoms. The van der Waals surface area contributed by atoms with E-state index in [1.807, 2.05) is 37.3 Å². The van der Waals surface area contributed by atoms with Crippen molar-refractivity contribution < 1.29 is 27.4 Å². The number of fused-ring (bicyclic) bond motifs is 1. The first-order chi connectivity index (χ1) is 17.3. The molecular weight excluding hydrogens is 480 g/mol. The number of sulfonamides is 1. The van der Waals surface area contributed by atoms with Crippen LogP contribution in [0.4, 0.5) is 11.4 Å². The van der Waals surface area contributed by atoms with Gasteiger partial charge in [0.15, 0.2) is 16.4 Å². The second kappa shape index (κ2) is 10.3. The Kier molecular flexibility index (Phi) is 7.21. The maximum atomic E-state index is 14.0. The van der Waals surface area contributed by atoms with Gasteiger partial charge in [-0.15, -0.1) is 0 Å². The first-order valence-corrected chi connectivity index (χ1v) is 12.8. The molecule has 0 aliphatic carbocycles. The molecule has 1 aliphatic rings. The van der Waals surface area contributed by atoms with E-state index in [0.29, 0.717) is 46.4 Å². The molecule has 0 fully saturated rings. The van der Waals surface area contributed by atoms with Gasteiger partial charge in [-0.25, -0.2) is 8.42 Å². The standard InChI is InChI=1S/C27H28N2O6S/c1-5-35-23-14-10-9-13-21(23)28-27(30)26-18(2)20-15-24(33-3)25(34-4)16-22(20)29(36(26,31)32)17-19-11-7-6-8-12-19/h6-16H,5,17H2,1-4H3,(H,28,30). The Balaban J connectivity index is 1.87. The van der Waals surface area contributed by atoms with Crippen LogP contribution in [0, 0.1) is 0 Å². The van der Waals surface area contributed by atoms with Crippen molar-refractivity contribution in [2.24, 2.45) is 0 Å². The van der Waals surface area contributed by atoms with E-state index in [2.05, 4.69) is 5.32 Å². The van der Waals surface area contributed by atoms with Crippen molar-refractivity contribution >= 4 is 32.9 Å². The van der Waals surface area contributed by atoms with Crippen LogP contribution >= 0.6 is 0 Å². The monoisotopic (exact) mass is 508 g/mol. The number of ether oxygens (including phenoxy) is 3. The highest BCUT2D eigenvalue weighted by molar-refractivity contribution is 7.97. The summed E-state index contributed by atoms with van der Waals surface area (Å²) in [6, 6.07) is 19.4. The number of hydrogen-bond acceptors (Lipinski definition) is 6. The molecule has 8 nitrogen and oxygen atoms in total. The number of methoxy groups -OCH3 is 2. The molecule has 0 aromatic heterocycles. The summed E-state index contributed by atoms with van der Waals surface area (Å²) in [7, 11) is -1.26. The van der Waals surface area contributed by atoms with Crippen molar-refractivity contribution in [2.45, 2.75) is 20.4 Å². The molecule has 0 radical (unpaired) electrons. The normalized spacial score (nSPS) is 14.2. The van der Waals surface area contributed by atoms with E-state index in [-0.39, 0.29) is 11.4 Å². The number of hydrogen-bond donors (Lipinski definition) is 1. The van der Waals surface area contributed by atoms with E-state index in [4.69, 9.17) is 14.2 Å². The summed E-state index contributed by atoms with van der Waals surface area (Å²) in [4.78, 5) is 13.2. The lowest BCUT2D eigenvalue weighted by atomic mass is 10.0. The number of amides is 1. The van der Waals surface area contributed by atoms with Crippen LogP contribution in [0.3, 0.4) is 0 Å².